The van der Waals surface area contributed by atoms with Crippen LogP contribution in [-0.4, -0.2) is 5.91 Å². The van der Waals surface area contributed by atoms with Gasteiger partial charge in [-0.3, -0.25) is 4.79 Å². The normalized spacial score (nSPS) is 14.6. The number of hydrogen-bond donors (Lipinski definition) is 2. The zero-order valence-electron chi connectivity index (χ0n) is 11.0. The molecule has 0 saturated heterocycles. The van der Waals surface area contributed by atoms with Gasteiger partial charge in [-0.25, -0.2) is 0 Å². The standard InChI is InChI=1S/C14H20N2O.ClH/c1-3-10(2)14(17)16-7-11-4-5-12-8-15-9-13(12)6-11;/h4-6,10,15H,3,7-9H2,1-2H3,(H,16,17);1H. The van der Waals surface area contributed by atoms with E-state index in [-0.39, 0.29) is 24.2 Å². The molecule has 2 rings (SSSR count). The first-order valence-corrected chi connectivity index (χ1v) is 6.29. The van der Waals surface area contributed by atoms with Crippen molar-refractivity contribution in [2.75, 3.05) is 0 Å². The van der Waals surface area contributed by atoms with Crippen LogP contribution in [0.5, 0.6) is 0 Å². The third-order valence-corrected chi connectivity index (χ3v) is 3.43. The van der Waals surface area contributed by atoms with Gasteiger partial charge in [0.15, 0.2) is 0 Å². The molecule has 1 aromatic carbocycles. The second-order valence-corrected chi connectivity index (χ2v) is 4.73. The topological polar surface area (TPSA) is 41.1 Å². The fourth-order valence-electron chi connectivity index (χ4n) is 2.01. The Morgan fingerprint density at radius 3 is 2.83 bits per heavy atom. The molecule has 1 heterocycles. The highest BCUT2D eigenvalue weighted by Crippen LogP contribution is 2.17. The van der Waals surface area contributed by atoms with Gasteiger partial charge in [0, 0.05) is 25.6 Å². The average molecular weight is 269 g/mol. The predicted octanol–water partition coefficient (Wildman–Crippen LogP) is 2.37. The van der Waals surface area contributed by atoms with Gasteiger partial charge in [-0.2, -0.15) is 0 Å². The number of rotatable bonds is 4. The van der Waals surface area contributed by atoms with Gasteiger partial charge in [0.1, 0.15) is 0 Å². The van der Waals surface area contributed by atoms with Gasteiger partial charge in [-0.1, -0.05) is 32.0 Å². The van der Waals surface area contributed by atoms with Gasteiger partial charge in [0.25, 0.3) is 0 Å². The van der Waals surface area contributed by atoms with E-state index in [1.54, 1.807) is 0 Å². The Labute approximate surface area is 115 Å². The lowest BCUT2D eigenvalue weighted by Crippen LogP contribution is -2.28. The summed E-state index contributed by atoms with van der Waals surface area (Å²) in [4.78, 5) is 11.7. The summed E-state index contributed by atoms with van der Waals surface area (Å²) in [5.74, 6) is 0.247. The predicted molar refractivity (Wildman–Crippen MR) is 75.5 cm³/mol. The molecule has 1 unspecified atom stereocenters. The Hall–Kier alpha value is -1.06. The Balaban J connectivity index is 0.00000162. The molecule has 1 aromatic rings. The Morgan fingerprint density at radius 2 is 2.11 bits per heavy atom. The van der Waals surface area contributed by atoms with Crippen LogP contribution in [0.15, 0.2) is 18.2 Å². The van der Waals surface area contributed by atoms with Crippen LogP contribution in [0.25, 0.3) is 0 Å². The Bertz CT molecular complexity index is 420. The monoisotopic (exact) mass is 268 g/mol. The Kier molecular flexibility index (Phi) is 5.63. The molecule has 100 valence electrons. The van der Waals surface area contributed by atoms with Crippen molar-refractivity contribution < 1.29 is 4.79 Å². The minimum Gasteiger partial charge on any atom is -0.352 e. The van der Waals surface area contributed by atoms with Gasteiger partial charge in [0.05, 0.1) is 0 Å². The molecule has 1 atom stereocenters. The SMILES string of the molecule is CCC(C)C(=O)NCc1ccc2c(c1)CNC2.Cl. The molecule has 0 aliphatic carbocycles. The van der Waals surface area contributed by atoms with E-state index in [4.69, 9.17) is 0 Å². The zero-order valence-corrected chi connectivity index (χ0v) is 11.8. The molecule has 4 heteroatoms. The summed E-state index contributed by atoms with van der Waals surface area (Å²) in [6.07, 6.45) is 0.889. The quantitative estimate of drug-likeness (QED) is 0.880. The number of hydrogen-bond acceptors (Lipinski definition) is 2. The first kappa shape index (κ1) is 15.0. The van der Waals surface area contributed by atoms with Crippen molar-refractivity contribution in [3.63, 3.8) is 0 Å². The van der Waals surface area contributed by atoms with Crippen LogP contribution < -0.4 is 10.6 Å². The van der Waals surface area contributed by atoms with Crippen LogP contribution in [0.2, 0.25) is 0 Å². The lowest BCUT2D eigenvalue weighted by Gasteiger charge is -2.10. The first-order valence-electron chi connectivity index (χ1n) is 6.29. The van der Waals surface area contributed by atoms with E-state index in [0.29, 0.717) is 6.54 Å². The molecule has 1 amide bonds. The maximum Gasteiger partial charge on any atom is 0.223 e. The van der Waals surface area contributed by atoms with Crippen molar-refractivity contribution in [1.29, 1.82) is 0 Å². The van der Waals surface area contributed by atoms with Crippen LogP contribution >= 0.6 is 12.4 Å². The summed E-state index contributed by atoms with van der Waals surface area (Å²) in [5, 5.41) is 6.30. The minimum atomic E-state index is 0. The highest BCUT2D eigenvalue weighted by atomic mass is 35.5. The molecule has 0 radical (unpaired) electrons. The molecule has 0 aromatic heterocycles. The maximum atomic E-state index is 11.7. The molecule has 0 spiro atoms. The molecule has 0 bridgehead atoms. The van der Waals surface area contributed by atoms with Gasteiger partial charge < -0.3 is 10.6 Å². The van der Waals surface area contributed by atoms with E-state index in [1.807, 2.05) is 13.8 Å². The Morgan fingerprint density at radius 1 is 1.39 bits per heavy atom. The van der Waals surface area contributed by atoms with Gasteiger partial charge in [-0.15, -0.1) is 12.4 Å². The van der Waals surface area contributed by atoms with E-state index < -0.39 is 0 Å². The average Bonchev–Trinajstić information content (AvgIpc) is 2.82. The second-order valence-electron chi connectivity index (χ2n) is 4.73. The number of amides is 1. The van der Waals surface area contributed by atoms with Crippen molar-refractivity contribution in [3.8, 4) is 0 Å². The number of carbonyl (C=O) groups is 1. The molecule has 1 aliphatic rings. The largest absolute Gasteiger partial charge is 0.352 e. The fourth-order valence-corrected chi connectivity index (χ4v) is 2.01. The third kappa shape index (κ3) is 3.47. The molecule has 18 heavy (non-hydrogen) atoms. The van der Waals surface area contributed by atoms with Crippen LogP contribution in [0.4, 0.5) is 0 Å². The van der Waals surface area contributed by atoms with E-state index >= 15 is 0 Å². The first-order chi connectivity index (χ1) is 8.20. The number of carbonyl (C=O) groups excluding carboxylic acids is 1. The number of fused-ring (bicyclic) bond motifs is 1. The summed E-state index contributed by atoms with van der Waals surface area (Å²) in [7, 11) is 0. The van der Waals surface area contributed by atoms with Gasteiger partial charge >= 0.3 is 0 Å². The highest BCUT2D eigenvalue weighted by molar-refractivity contribution is 5.85. The molecule has 2 N–H and O–H groups in total. The summed E-state index contributed by atoms with van der Waals surface area (Å²) in [6.45, 7) is 6.54. The van der Waals surface area contributed by atoms with Crippen molar-refractivity contribution in [1.82, 2.24) is 10.6 Å². The third-order valence-electron chi connectivity index (χ3n) is 3.43. The molecule has 0 fully saturated rings. The van der Waals surface area contributed by atoms with E-state index in [1.165, 1.54) is 16.7 Å². The lowest BCUT2D eigenvalue weighted by molar-refractivity contribution is -0.124. The highest BCUT2D eigenvalue weighted by Gasteiger charge is 2.12. The number of nitrogens with one attached hydrogen (secondary N) is 2. The number of halogens is 1. The van der Waals surface area contributed by atoms with Crippen molar-refractivity contribution >= 4 is 18.3 Å². The van der Waals surface area contributed by atoms with Crippen LogP contribution in [0.1, 0.15) is 37.0 Å². The van der Waals surface area contributed by atoms with Gasteiger partial charge in [0.2, 0.25) is 5.91 Å². The number of benzene rings is 1. The summed E-state index contributed by atoms with van der Waals surface area (Å²) in [5.41, 5.74) is 3.92. The van der Waals surface area contributed by atoms with Crippen molar-refractivity contribution in [3.05, 3.63) is 34.9 Å². The second kappa shape index (κ2) is 6.76. The van der Waals surface area contributed by atoms with E-state index in [2.05, 4.69) is 28.8 Å². The maximum absolute atomic E-state index is 11.7. The van der Waals surface area contributed by atoms with Crippen LogP contribution in [-0.2, 0) is 24.4 Å². The molecule has 3 nitrogen and oxygen atoms in total. The molecular formula is C14H21ClN2O. The lowest BCUT2D eigenvalue weighted by atomic mass is 10.1. The van der Waals surface area contributed by atoms with Crippen LogP contribution in [0, 0.1) is 5.92 Å². The fraction of sp³-hybridized carbons (Fsp3) is 0.500. The smallest absolute Gasteiger partial charge is 0.223 e. The molecule has 1 aliphatic heterocycles. The van der Waals surface area contributed by atoms with Gasteiger partial charge in [-0.05, 0) is 23.1 Å². The molecular weight excluding hydrogens is 248 g/mol. The van der Waals surface area contributed by atoms with Crippen molar-refractivity contribution in [2.45, 2.75) is 39.9 Å². The van der Waals surface area contributed by atoms with Crippen molar-refractivity contribution in [2.24, 2.45) is 5.92 Å². The zero-order chi connectivity index (χ0) is 12.3. The van der Waals surface area contributed by atoms with E-state index in [9.17, 15) is 4.79 Å². The summed E-state index contributed by atoms with van der Waals surface area (Å²) in [6, 6.07) is 6.44. The molecule has 0 saturated carbocycles. The van der Waals surface area contributed by atoms with E-state index in [0.717, 1.165) is 19.5 Å². The minimum absolute atomic E-state index is 0. The summed E-state index contributed by atoms with van der Waals surface area (Å²) < 4.78 is 0. The summed E-state index contributed by atoms with van der Waals surface area (Å²) >= 11 is 0. The van der Waals surface area contributed by atoms with Crippen LogP contribution in [0.3, 0.4) is 0 Å².